The van der Waals surface area contributed by atoms with Crippen molar-refractivity contribution in [2.75, 3.05) is 17.1 Å². The second-order valence-corrected chi connectivity index (χ2v) is 7.04. The molecule has 0 radical (unpaired) electrons. The average molecular weight is 361 g/mol. The van der Waals surface area contributed by atoms with Gasteiger partial charge in [-0.25, -0.2) is 12.8 Å². The van der Waals surface area contributed by atoms with Gasteiger partial charge in [0.05, 0.1) is 29.8 Å². The maximum absolute atomic E-state index is 13.2. The molecule has 0 bridgehead atoms. The highest BCUT2D eigenvalue weighted by molar-refractivity contribution is 7.92. The molecule has 1 N–H and O–H groups in total. The molecule has 0 unspecified atom stereocenters. The SMILES string of the molecule is CS(=O)(=O)N(CC(=O)NCc1ccco1)c1ccc(F)c(Cl)c1. The second kappa shape index (κ2) is 7.01. The highest BCUT2D eigenvalue weighted by atomic mass is 35.5. The molecule has 124 valence electrons. The topological polar surface area (TPSA) is 79.6 Å². The quantitative estimate of drug-likeness (QED) is 0.856. The second-order valence-electron chi connectivity index (χ2n) is 4.72. The molecule has 1 amide bonds. The number of halogens is 2. The summed E-state index contributed by atoms with van der Waals surface area (Å²) in [6.07, 6.45) is 2.41. The van der Waals surface area contributed by atoms with Crippen LogP contribution < -0.4 is 9.62 Å². The van der Waals surface area contributed by atoms with Crippen LogP contribution in [0.15, 0.2) is 41.0 Å². The van der Waals surface area contributed by atoms with E-state index in [2.05, 4.69) is 5.32 Å². The lowest BCUT2D eigenvalue weighted by atomic mass is 10.3. The van der Waals surface area contributed by atoms with E-state index in [0.29, 0.717) is 5.76 Å². The Morgan fingerprint density at radius 1 is 1.39 bits per heavy atom. The summed E-state index contributed by atoms with van der Waals surface area (Å²) in [7, 11) is -3.75. The number of anilines is 1. The number of benzene rings is 1. The standard InChI is InChI=1S/C14H14ClFN2O4S/c1-23(20,21)18(10-4-5-13(16)12(15)7-10)9-14(19)17-8-11-3-2-6-22-11/h2-7H,8-9H2,1H3,(H,17,19). The number of nitrogens with zero attached hydrogens (tertiary/aromatic N) is 1. The van der Waals surface area contributed by atoms with Gasteiger partial charge in [0.1, 0.15) is 18.1 Å². The number of rotatable bonds is 6. The normalized spacial score (nSPS) is 11.3. The summed E-state index contributed by atoms with van der Waals surface area (Å²) in [5.41, 5.74) is 0.104. The van der Waals surface area contributed by atoms with Crippen molar-refractivity contribution in [3.05, 3.63) is 53.2 Å². The zero-order valence-electron chi connectivity index (χ0n) is 12.1. The number of amides is 1. The number of furan rings is 1. The first-order chi connectivity index (χ1) is 10.8. The first-order valence-corrected chi connectivity index (χ1v) is 8.72. The predicted octanol–water partition coefficient (Wildman–Crippen LogP) is 2.15. The van der Waals surface area contributed by atoms with Crippen LogP contribution in [0.2, 0.25) is 5.02 Å². The van der Waals surface area contributed by atoms with Gasteiger partial charge in [0.2, 0.25) is 15.9 Å². The third-order valence-corrected chi connectivity index (χ3v) is 4.35. The number of carbonyl (C=O) groups excluding carboxylic acids is 1. The van der Waals surface area contributed by atoms with Gasteiger partial charge in [0, 0.05) is 0 Å². The van der Waals surface area contributed by atoms with E-state index in [1.165, 1.54) is 12.3 Å². The summed E-state index contributed by atoms with van der Waals surface area (Å²) in [5.74, 6) is -0.674. The lowest BCUT2D eigenvalue weighted by Gasteiger charge is -2.22. The molecule has 6 nitrogen and oxygen atoms in total. The van der Waals surface area contributed by atoms with Gasteiger partial charge in [-0.15, -0.1) is 0 Å². The molecule has 0 atom stereocenters. The van der Waals surface area contributed by atoms with Gasteiger partial charge < -0.3 is 9.73 Å². The number of nitrogens with one attached hydrogen (secondary N) is 1. The van der Waals surface area contributed by atoms with Crippen molar-refractivity contribution in [3.8, 4) is 0 Å². The molecule has 0 aliphatic carbocycles. The summed E-state index contributed by atoms with van der Waals surface area (Å²) >= 11 is 5.66. The van der Waals surface area contributed by atoms with E-state index in [-0.39, 0.29) is 17.3 Å². The minimum atomic E-state index is -3.75. The van der Waals surface area contributed by atoms with E-state index in [0.717, 1.165) is 22.7 Å². The molecule has 0 saturated carbocycles. The van der Waals surface area contributed by atoms with E-state index in [1.807, 2.05) is 0 Å². The largest absolute Gasteiger partial charge is 0.467 e. The Morgan fingerprint density at radius 3 is 2.70 bits per heavy atom. The van der Waals surface area contributed by atoms with Crippen molar-refractivity contribution in [1.29, 1.82) is 0 Å². The lowest BCUT2D eigenvalue weighted by Crippen LogP contribution is -2.40. The van der Waals surface area contributed by atoms with Crippen molar-refractivity contribution < 1.29 is 22.0 Å². The van der Waals surface area contributed by atoms with Gasteiger partial charge in [-0.1, -0.05) is 11.6 Å². The summed E-state index contributed by atoms with van der Waals surface area (Å²) in [5, 5.41) is 2.31. The smallest absolute Gasteiger partial charge is 0.241 e. The molecule has 1 heterocycles. The Hall–Kier alpha value is -2.06. The molecule has 2 aromatic rings. The molecule has 23 heavy (non-hydrogen) atoms. The number of sulfonamides is 1. The van der Waals surface area contributed by atoms with Crippen LogP contribution in [0.5, 0.6) is 0 Å². The summed E-state index contributed by atoms with van der Waals surface area (Å²) in [6.45, 7) is -0.324. The van der Waals surface area contributed by atoms with Crippen LogP contribution in [0, 0.1) is 5.82 Å². The van der Waals surface area contributed by atoms with Gasteiger partial charge in [0.15, 0.2) is 0 Å². The maximum atomic E-state index is 13.2. The Bertz CT molecular complexity index is 793. The van der Waals surface area contributed by atoms with Crippen molar-refractivity contribution in [3.63, 3.8) is 0 Å². The maximum Gasteiger partial charge on any atom is 0.241 e. The Labute approximate surface area is 137 Å². The van der Waals surface area contributed by atoms with Crippen LogP contribution in [0.25, 0.3) is 0 Å². The molecule has 0 fully saturated rings. The van der Waals surface area contributed by atoms with E-state index < -0.39 is 28.3 Å². The van der Waals surface area contributed by atoms with Gasteiger partial charge >= 0.3 is 0 Å². The third kappa shape index (κ3) is 4.70. The van der Waals surface area contributed by atoms with Crippen LogP contribution >= 0.6 is 11.6 Å². The highest BCUT2D eigenvalue weighted by Gasteiger charge is 2.21. The van der Waals surface area contributed by atoms with Crippen LogP contribution in [-0.4, -0.2) is 27.1 Å². The highest BCUT2D eigenvalue weighted by Crippen LogP contribution is 2.24. The van der Waals surface area contributed by atoms with E-state index in [9.17, 15) is 17.6 Å². The summed E-state index contributed by atoms with van der Waals surface area (Å²) < 4.78 is 42.9. The molecule has 9 heteroatoms. The van der Waals surface area contributed by atoms with Gasteiger partial charge in [0.25, 0.3) is 0 Å². The van der Waals surface area contributed by atoms with E-state index in [4.69, 9.17) is 16.0 Å². The molecule has 0 spiro atoms. The lowest BCUT2D eigenvalue weighted by molar-refractivity contribution is -0.119. The van der Waals surface area contributed by atoms with E-state index in [1.54, 1.807) is 12.1 Å². The zero-order chi connectivity index (χ0) is 17.0. The van der Waals surface area contributed by atoms with Crippen LogP contribution in [-0.2, 0) is 21.4 Å². The fourth-order valence-electron chi connectivity index (χ4n) is 1.83. The van der Waals surface area contributed by atoms with Gasteiger partial charge in [-0.2, -0.15) is 0 Å². The Kier molecular flexibility index (Phi) is 5.27. The van der Waals surface area contributed by atoms with Crippen LogP contribution in [0.3, 0.4) is 0 Å². The molecule has 0 saturated heterocycles. The molecule has 1 aromatic carbocycles. The van der Waals surface area contributed by atoms with Crippen molar-refractivity contribution >= 4 is 33.2 Å². The van der Waals surface area contributed by atoms with Crippen LogP contribution in [0.1, 0.15) is 5.76 Å². The Balaban J connectivity index is 2.12. The van der Waals surface area contributed by atoms with Crippen LogP contribution in [0.4, 0.5) is 10.1 Å². The number of hydrogen-bond acceptors (Lipinski definition) is 4. The van der Waals surface area contributed by atoms with Gasteiger partial charge in [-0.3, -0.25) is 9.10 Å². The van der Waals surface area contributed by atoms with Gasteiger partial charge in [-0.05, 0) is 30.3 Å². The van der Waals surface area contributed by atoms with E-state index >= 15 is 0 Å². The van der Waals surface area contributed by atoms with Crippen molar-refractivity contribution in [2.24, 2.45) is 0 Å². The Morgan fingerprint density at radius 2 is 2.13 bits per heavy atom. The summed E-state index contributed by atoms with van der Waals surface area (Å²) in [4.78, 5) is 12.0. The summed E-state index contributed by atoms with van der Waals surface area (Å²) in [6, 6.07) is 6.77. The number of carbonyl (C=O) groups is 1. The molecular formula is C14H14ClFN2O4S. The minimum Gasteiger partial charge on any atom is -0.467 e. The average Bonchev–Trinajstić information content (AvgIpc) is 2.98. The fourth-order valence-corrected chi connectivity index (χ4v) is 2.85. The predicted molar refractivity (Wildman–Crippen MR) is 84.2 cm³/mol. The molecule has 1 aromatic heterocycles. The number of hydrogen-bond donors (Lipinski definition) is 1. The molecular weight excluding hydrogens is 347 g/mol. The van der Waals surface area contributed by atoms with Crippen molar-refractivity contribution in [2.45, 2.75) is 6.54 Å². The fraction of sp³-hybridized carbons (Fsp3) is 0.214. The zero-order valence-corrected chi connectivity index (χ0v) is 13.7. The third-order valence-electron chi connectivity index (χ3n) is 2.92. The molecule has 0 aliphatic rings. The van der Waals surface area contributed by atoms with Crippen molar-refractivity contribution in [1.82, 2.24) is 5.32 Å². The minimum absolute atomic E-state index is 0.104. The first-order valence-electron chi connectivity index (χ1n) is 6.49. The molecule has 2 rings (SSSR count). The first kappa shape index (κ1) is 17.3. The monoisotopic (exact) mass is 360 g/mol. The molecule has 0 aliphatic heterocycles.